The van der Waals surface area contributed by atoms with Crippen molar-refractivity contribution < 1.29 is 18.7 Å². The van der Waals surface area contributed by atoms with Crippen molar-refractivity contribution >= 4 is 11.8 Å². The molecular weight excluding hydrogens is 445 g/mol. The average Bonchev–Trinajstić information content (AvgIpc) is 2.85. The Labute approximate surface area is 205 Å². The van der Waals surface area contributed by atoms with E-state index < -0.39 is 11.5 Å². The number of hydrogen-bond acceptors (Lipinski definition) is 4. The Hall–Kier alpha value is -3.74. The molecule has 2 heterocycles. The third-order valence-corrected chi connectivity index (χ3v) is 6.02. The summed E-state index contributed by atoms with van der Waals surface area (Å²) in [7, 11) is 0. The Morgan fingerprint density at radius 1 is 1.11 bits per heavy atom. The van der Waals surface area contributed by atoms with Crippen LogP contribution in [0.4, 0.5) is 4.39 Å². The Morgan fingerprint density at radius 3 is 2.60 bits per heavy atom. The van der Waals surface area contributed by atoms with Gasteiger partial charge in [-0.2, -0.15) is 0 Å². The molecule has 0 radical (unpaired) electrons. The van der Waals surface area contributed by atoms with Crippen LogP contribution in [0.5, 0.6) is 5.75 Å². The quantitative estimate of drug-likeness (QED) is 0.572. The Kier molecular flexibility index (Phi) is 7.15. The summed E-state index contributed by atoms with van der Waals surface area (Å²) < 4.78 is 20.0. The van der Waals surface area contributed by atoms with Crippen LogP contribution in [-0.2, 0) is 22.6 Å². The van der Waals surface area contributed by atoms with Crippen LogP contribution in [-0.4, -0.2) is 34.8 Å². The monoisotopic (exact) mass is 475 g/mol. The Balaban J connectivity index is 1.55. The van der Waals surface area contributed by atoms with Gasteiger partial charge in [-0.15, -0.1) is 0 Å². The van der Waals surface area contributed by atoms with E-state index in [9.17, 15) is 14.0 Å². The highest BCUT2D eigenvalue weighted by Crippen LogP contribution is 2.39. The van der Waals surface area contributed by atoms with Crippen molar-refractivity contribution in [1.29, 1.82) is 0 Å². The van der Waals surface area contributed by atoms with Gasteiger partial charge in [0.05, 0.1) is 6.04 Å². The summed E-state index contributed by atoms with van der Waals surface area (Å²) in [5.74, 6) is -0.0738. The largest absolute Gasteiger partial charge is 0.484 e. The first kappa shape index (κ1) is 24.4. The lowest BCUT2D eigenvalue weighted by Gasteiger charge is -2.41. The standard InChI is InChI=1S/C28H30FN3O3/c1-28(2,3)27(34)32-14-11-20-7-8-23(16-24(20)26(32)21-5-4-6-22(29)15-21)35-18-25(33)31-17-19-9-12-30-13-10-19/h4-10,12-13,15-16,26H,11,14,17-18H2,1-3H3,(H,31,33)/t26-/m1/s1. The number of nitrogens with one attached hydrogen (secondary N) is 1. The van der Waals surface area contributed by atoms with Crippen molar-refractivity contribution in [1.82, 2.24) is 15.2 Å². The zero-order valence-electron chi connectivity index (χ0n) is 20.3. The number of pyridine rings is 1. The number of halogens is 1. The smallest absolute Gasteiger partial charge is 0.258 e. The predicted molar refractivity (Wildman–Crippen MR) is 131 cm³/mol. The van der Waals surface area contributed by atoms with Crippen molar-refractivity contribution in [2.75, 3.05) is 13.2 Å². The first-order valence-corrected chi connectivity index (χ1v) is 11.7. The minimum absolute atomic E-state index is 0.000720. The minimum Gasteiger partial charge on any atom is -0.484 e. The lowest BCUT2D eigenvalue weighted by molar-refractivity contribution is -0.141. The summed E-state index contributed by atoms with van der Waals surface area (Å²) in [6.07, 6.45) is 4.04. The zero-order valence-corrected chi connectivity index (χ0v) is 20.3. The van der Waals surface area contributed by atoms with Gasteiger partial charge in [0.15, 0.2) is 6.61 Å². The molecule has 0 spiro atoms. The highest BCUT2D eigenvalue weighted by atomic mass is 19.1. The summed E-state index contributed by atoms with van der Waals surface area (Å²) in [4.78, 5) is 31.4. The summed E-state index contributed by atoms with van der Waals surface area (Å²) in [5, 5.41) is 2.82. The molecular formula is C28H30FN3O3. The maximum absolute atomic E-state index is 14.2. The van der Waals surface area contributed by atoms with Gasteiger partial charge in [0.25, 0.3) is 5.91 Å². The van der Waals surface area contributed by atoms with Crippen LogP contribution in [0, 0.1) is 11.2 Å². The number of rotatable bonds is 6. The van der Waals surface area contributed by atoms with E-state index in [1.165, 1.54) is 12.1 Å². The van der Waals surface area contributed by atoms with Gasteiger partial charge in [0.1, 0.15) is 11.6 Å². The number of hydrogen-bond donors (Lipinski definition) is 1. The summed E-state index contributed by atoms with van der Waals surface area (Å²) in [5.41, 5.74) is 3.03. The number of benzene rings is 2. The first-order valence-electron chi connectivity index (χ1n) is 11.7. The lowest BCUT2D eigenvalue weighted by atomic mass is 9.85. The zero-order chi connectivity index (χ0) is 25.0. The van der Waals surface area contributed by atoms with E-state index in [1.54, 1.807) is 18.5 Å². The molecule has 4 rings (SSSR count). The van der Waals surface area contributed by atoms with Crippen molar-refractivity contribution in [2.24, 2.45) is 5.41 Å². The molecule has 2 aromatic carbocycles. The highest BCUT2D eigenvalue weighted by molar-refractivity contribution is 5.83. The number of nitrogens with zero attached hydrogens (tertiary/aromatic N) is 2. The molecule has 0 saturated heterocycles. The van der Waals surface area contributed by atoms with Gasteiger partial charge in [-0.3, -0.25) is 14.6 Å². The average molecular weight is 476 g/mol. The number of aromatic nitrogens is 1. The van der Waals surface area contributed by atoms with Crippen molar-refractivity contribution in [3.05, 3.63) is 95.1 Å². The van der Waals surface area contributed by atoms with Gasteiger partial charge in [0, 0.05) is 30.9 Å². The normalized spacial score (nSPS) is 15.3. The van der Waals surface area contributed by atoms with Crippen molar-refractivity contribution in [3.63, 3.8) is 0 Å². The van der Waals surface area contributed by atoms with Crippen LogP contribution in [0.1, 0.15) is 49.1 Å². The van der Waals surface area contributed by atoms with Crippen molar-refractivity contribution in [3.8, 4) is 5.75 Å². The second kappa shape index (κ2) is 10.3. The minimum atomic E-state index is -0.579. The Bertz CT molecular complexity index is 1210. The van der Waals surface area contributed by atoms with E-state index in [0.29, 0.717) is 30.8 Å². The number of amides is 2. The molecule has 1 aliphatic rings. The summed E-state index contributed by atoms with van der Waals surface area (Å²) in [6.45, 7) is 6.45. The molecule has 0 fully saturated rings. The second-order valence-corrected chi connectivity index (χ2v) is 9.74. The number of ether oxygens (including phenoxy) is 1. The topological polar surface area (TPSA) is 71.5 Å². The van der Waals surface area contributed by atoms with E-state index in [2.05, 4.69) is 10.3 Å². The fourth-order valence-electron chi connectivity index (χ4n) is 4.27. The Morgan fingerprint density at radius 2 is 1.89 bits per heavy atom. The van der Waals surface area contributed by atoms with E-state index >= 15 is 0 Å². The number of carbonyl (C=O) groups excluding carboxylic acids is 2. The van der Waals surface area contributed by atoms with E-state index in [-0.39, 0.29) is 24.2 Å². The van der Waals surface area contributed by atoms with Gasteiger partial charge in [0.2, 0.25) is 5.91 Å². The molecule has 0 saturated carbocycles. The molecule has 1 aliphatic heterocycles. The number of carbonyl (C=O) groups is 2. The molecule has 1 atom stereocenters. The molecule has 6 nitrogen and oxygen atoms in total. The molecule has 0 unspecified atom stereocenters. The molecule has 182 valence electrons. The lowest BCUT2D eigenvalue weighted by Crippen LogP contribution is -2.45. The highest BCUT2D eigenvalue weighted by Gasteiger charge is 2.37. The summed E-state index contributed by atoms with van der Waals surface area (Å²) >= 11 is 0. The van der Waals surface area contributed by atoms with E-state index in [0.717, 1.165) is 16.7 Å². The fourth-order valence-corrected chi connectivity index (χ4v) is 4.27. The number of fused-ring (bicyclic) bond motifs is 1. The molecule has 0 bridgehead atoms. The van der Waals surface area contributed by atoms with Crippen molar-refractivity contribution in [2.45, 2.75) is 39.8 Å². The van der Waals surface area contributed by atoms with Crippen LogP contribution in [0.25, 0.3) is 0 Å². The van der Waals surface area contributed by atoms with Gasteiger partial charge >= 0.3 is 0 Å². The van der Waals surface area contributed by atoms with Crippen LogP contribution >= 0.6 is 0 Å². The van der Waals surface area contributed by atoms with Gasteiger partial charge < -0.3 is 15.0 Å². The van der Waals surface area contributed by atoms with Crippen LogP contribution in [0.2, 0.25) is 0 Å². The molecule has 3 aromatic rings. The van der Waals surface area contributed by atoms with Crippen LogP contribution in [0.3, 0.4) is 0 Å². The molecule has 35 heavy (non-hydrogen) atoms. The molecule has 2 amide bonds. The van der Waals surface area contributed by atoms with Crippen LogP contribution < -0.4 is 10.1 Å². The van der Waals surface area contributed by atoms with Gasteiger partial charge in [-0.1, -0.05) is 39.0 Å². The second-order valence-electron chi connectivity index (χ2n) is 9.74. The molecule has 0 aliphatic carbocycles. The van der Waals surface area contributed by atoms with Gasteiger partial charge in [-0.05, 0) is 65.1 Å². The first-order chi connectivity index (χ1) is 16.7. The summed E-state index contributed by atoms with van der Waals surface area (Å²) in [6, 6.07) is 15.3. The van der Waals surface area contributed by atoms with E-state index in [4.69, 9.17) is 4.74 Å². The van der Waals surface area contributed by atoms with E-state index in [1.807, 2.05) is 62.1 Å². The maximum Gasteiger partial charge on any atom is 0.258 e. The third kappa shape index (κ3) is 5.85. The molecule has 7 heteroatoms. The van der Waals surface area contributed by atoms with Gasteiger partial charge in [-0.25, -0.2) is 4.39 Å². The molecule has 1 aromatic heterocycles. The predicted octanol–water partition coefficient (Wildman–Crippen LogP) is 4.44. The third-order valence-electron chi connectivity index (χ3n) is 6.02. The molecule has 1 N–H and O–H groups in total. The maximum atomic E-state index is 14.2. The SMILES string of the molecule is CC(C)(C)C(=O)N1CCc2ccc(OCC(=O)NCc3ccncc3)cc2[C@H]1c1cccc(F)c1. The fraction of sp³-hybridized carbons (Fsp3) is 0.321. The van der Waals surface area contributed by atoms with Crippen LogP contribution in [0.15, 0.2) is 67.0 Å².